The van der Waals surface area contributed by atoms with Gasteiger partial charge in [0.05, 0.1) is 20.2 Å². The maximum atomic E-state index is 5.77. The average Bonchev–Trinajstić information content (AvgIpc) is 3.16. The molecule has 2 heterocycles. The largest absolute Gasteiger partial charge is 0.497 e. The summed E-state index contributed by atoms with van der Waals surface area (Å²) in [5.41, 5.74) is 0.991. The second-order valence-corrected chi connectivity index (χ2v) is 7.52. The van der Waals surface area contributed by atoms with Crippen molar-refractivity contribution in [1.29, 1.82) is 0 Å². The van der Waals surface area contributed by atoms with Gasteiger partial charge in [0.2, 0.25) is 5.88 Å². The van der Waals surface area contributed by atoms with Crippen LogP contribution < -0.4 is 20.1 Å². The van der Waals surface area contributed by atoms with Crippen LogP contribution in [0.4, 0.5) is 0 Å². The monoisotopic (exact) mass is 539 g/mol. The fourth-order valence-corrected chi connectivity index (χ4v) is 3.23. The van der Waals surface area contributed by atoms with Gasteiger partial charge in [-0.25, -0.2) is 15.0 Å². The number of halogens is 1. The summed E-state index contributed by atoms with van der Waals surface area (Å²) in [4.78, 5) is 14.5. The molecule has 30 heavy (non-hydrogen) atoms. The highest BCUT2D eigenvalue weighted by Crippen LogP contribution is 2.23. The SMILES string of the molecule is CCNC(=NCc1ccc(Oc2cccc(OC)c2)nc1)NCc1ncc(C)s1.I. The summed E-state index contributed by atoms with van der Waals surface area (Å²) in [7, 11) is 1.63. The zero-order valence-electron chi connectivity index (χ0n) is 17.2. The second kappa shape index (κ2) is 12.3. The van der Waals surface area contributed by atoms with Crippen molar-refractivity contribution in [3.63, 3.8) is 0 Å². The van der Waals surface area contributed by atoms with Crippen LogP contribution in [0.15, 0.2) is 53.8 Å². The molecule has 0 aliphatic carbocycles. The Bertz CT molecular complexity index is 947. The van der Waals surface area contributed by atoms with Gasteiger partial charge in [-0.15, -0.1) is 35.3 Å². The van der Waals surface area contributed by atoms with E-state index in [9.17, 15) is 0 Å². The summed E-state index contributed by atoms with van der Waals surface area (Å²) in [5, 5.41) is 7.58. The van der Waals surface area contributed by atoms with Crippen LogP contribution in [0.5, 0.6) is 17.4 Å². The number of nitrogens with one attached hydrogen (secondary N) is 2. The normalized spacial score (nSPS) is 10.8. The highest BCUT2D eigenvalue weighted by Gasteiger charge is 2.03. The quantitative estimate of drug-likeness (QED) is 0.249. The van der Waals surface area contributed by atoms with E-state index >= 15 is 0 Å². The lowest BCUT2D eigenvalue weighted by molar-refractivity contribution is 0.407. The molecule has 0 unspecified atom stereocenters. The number of pyridine rings is 1. The van der Waals surface area contributed by atoms with E-state index in [-0.39, 0.29) is 24.0 Å². The molecule has 0 fully saturated rings. The Hall–Kier alpha value is -2.40. The molecule has 2 N–H and O–H groups in total. The molecule has 3 aromatic rings. The van der Waals surface area contributed by atoms with Crippen molar-refractivity contribution < 1.29 is 9.47 Å². The molecule has 0 bridgehead atoms. The van der Waals surface area contributed by atoms with Gasteiger partial charge in [0.1, 0.15) is 16.5 Å². The van der Waals surface area contributed by atoms with Gasteiger partial charge >= 0.3 is 0 Å². The summed E-state index contributed by atoms with van der Waals surface area (Å²) in [6, 6.07) is 11.2. The van der Waals surface area contributed by atoms with Gasteiger partial charge < -0.3 is 20.1 Å². The molecule has 7 nitrogen and oxygen atoms in total. The van der Waals surface area contributed by atoms with Gasteiger partial charge in [-0.1, -0.05) is 12.1 Å². The first-order chi connectivity index (χ1) is 14.2. The van der Waals surface area contributed by atoms with Crippen molar-refractivity contribution in [3.05, 3.63) is 64.2 Å². The molecule has 0 aliphatic rings. The molecule has 0 aliphatic heterocycles. The van der Waals surface area contributed by atoms with Gasteiger partial charge in [-0.3, -0.25) is 0 Å². The number of benzene rings is 1. The summed E-state index contributed by atoms with van der Waals surface area (Å²) in [6.45, 7) is 6.04. The molecule has 3 rings (SSSR count). The first-order valence-electron chi connectivity index (χ1n) is 9.36. The van der Waals surface area contributed by atoms with E-state index < -0.39 is 0 Å². The maximum Gasteiger partial charge on any atom is 0.219 e. The molecular formula is C21H26IN5O2S. The fraction of sp³-hybridized carbons (Fsp3) is 0.286. The van der Waals surface area contributed by atoms with Gasteiger partial charge in [0.15, 0.2) is 5.96 Å². The molecule has 0 spiro atoms. The van der Waals surface area contributed by atoms with E-state index in [1.54, 1.807) is 24.6 Å². The van der Waals surface area contributed by atoms with E-state index in [1.165, 1.54) is 4.88 Å². The Kier molecular flexibility index (Phi) is 9.81. The molecule has 0 amide bonds. The van der Waals surface area contributed by atoms with E-state index in [0.29, 0.717) is 24.7 Å². The number of aromatic nitrogens is 2. The van der Waals surface area contributed by atoms with Crippen LogP contribution in [0.1, 0.15) is 22.4 Å². The summed E-state index contributed by atoms with van der Waals surface area (Å²) >= 11 is 1.68. The van der Waals surface area contributed by atoms with Crippen molar-refractivity contribution in [2.24, 2.45) is 4.99 Å². The Morgan fingerprint density at radius 2 is 1.93 bits per heavy atom. The number of hydrogen-bond acceptors (Lipinski definition) is 6. The zero-order valence-corrected chi connectivity index (χ0v) is 20.4. The Labute approximate surface area is 198 Å². The van der Waals surface area contributed by atoms with Crippen LogP contribution in [-0.2, 0) is 13.1 Å². The van der Waals surface area contributed by atoms with E-state index in [0.717, 1.165) is 28.8 Å². The highest BCUT2D eigenvalue weighted by molar-refractivity contribution is 14.0. The molecular weight excluding hydrogens is 513 g/mol. The minimum absolute atomic E-state index is 0. The molecule has 9 heteroatoms. The number of rotatable bonds is 8. The predicted molar refractivity (Wildman–Crippen MR) is 131 cm³/mol. The number of thiazole rings is 1. The summed E-state index contributed by atoms with van der Waals surface area (Å²) in [5.74, 6) is 2.69. The number of guanidine groups is 1. The third-order valence-electron chi connectivity index (χ3n) is 3.90. The van der Waals surface area contributed by atoms with Gasteiger partial charge in [-0.05, 0) is 31.5 Å². The van der Waals surface area contributed by atoms with Crippen LogP contribution in [0.25, 0.3) is 0 Å². The average molecular weight is 539 g/mol. The number of nitrogens with zero attached hydrogens (tertiary/aromatic N) is 3. The zero-order chi connectivity index (χ0) is 20.5. The number of ether oxygens (including phenoxy) is 2. The van der Waals surface area contributed by atoms with Crippen LogP contribution in [0.3, 0.4) is 0 Å². The van der Waals surface area contributed by atoms with Crippen molar-refractivity contribution in [3.8, 4) is 17.4 Å². The van der Waals surface area contributed by atoms with Gasteiger partial charge in [-0.2, -0.15) is 0 Å². The number of aryl methyl sites for hydroxylation is 1. The minimum atomic E-state index is 0. The third kappa shape index (κ3) is 7.45. The lowest BCUT2D eigenvalue weighted by Gasteiger charge is -2.10. The lowest BCUT2D eigenvalue weighted by atomic mass is 10.3. The third-order valence-corrected chi connectivity index (χ3v) is 4.81. The summed E-state index contributed by atoms with van der Waals surface area (Å²) in [6.07, 6.45) is 3.65. The van der Waals surface area contributed by atoms with Gasteiger partial charge in [0, 0.05) is 35.9 Å². The van der Waals surface area contributed by atoms with Crippen LogP contribution in [0, 0.1) is 6.92 Å². The van der Waals surface area contributed by atoms with Crippen molar-refractivity contribution in [2.45, 2.75) is 26.9 Å². The maximum absolute atomic E-state index is 5.77. The van der Waals surface area contributed by atoms with Crippen LogP contribution in [-0.4, -0.2) is 29.6 Å². The highest BCUT2D eigenvalue weighted by atomic mass is 127. The first kappa shape index (κ1) is 23.9. The molecule has 160 valence electrons. The van der Waals surface area contributed by atoms with Crippen LogP contribution in [0.2, 0.25) is 0 Å². The molecule has 2 aromatic heterocycles. The molecule has 1 aromatic carbocycles. The lowest BCUT2D eigenvalue weighted by Crippen LogP contribution is -2.36. The Morgan fingerprint density at radius 3 is 2.60 bits per heavy atom. The van der Waals surface area contributed by atoms with Crippen LogP contribution >= 0.6 is 35.3 Å². The first-order valence-corrected chi connectivity index (χ1v) is 10.2. The fourth-order valence-electron chi connectivity index (χ4n) is 2.50. The molecule has 0 radical (unpaired) electrons. The topological polar surface area (TPSA) is 80.7 Å². The second-order valence-electron chi connectivity index (χ2n) is 6.20. The van der Waals surface area contributed by atoms with E-state index in [2.05, 4.69) is 32.5 Å². The Morgan fingerprint density at radius 1 is 1.10 bits per heavy atom. The minimum Gasteiger partial charge on any atom is -0.497 e. The Balaban J connectivity index is 0.00000320. The molecule has 0 saturated carbocycles. The number of methoxy groups -OCH3 is 1. The standard InChI is InChI=1S/C21H25N5O2S.HI/c1-4-22-21(26-14-20-24-11-15(2)29-20)25-13-16-8-9-19(23-12-16)28-18-7-5-6-17(10-18)27-3;/h5-12H,4,13-14H2,1-3H3,(H2,22,25,26);1H. The smallest absolute Gasteiger partial charge is 0.219 e. The predicted octanol–water partition coefficient (Wildman–Crippen LogP) is 4.52. The van der Waals surface area contributed by atoms with Crippen molar-refractivity contribution in [2.75, 3.05) is 13.7 Å². The van der Waals surface area contributed by atoms with E-state index in [4.69, 9.17) is 9.47 Å². The molecule has 0 atom stereocenters. The number of hydrogen-bond donors (Lipinski definition) is 2. The van der Waals surface area contributed by atoms with Crippen molar-refractivity contribution in [1.82, 2.24) is 20.6 Å². The molecule has 0 saturated heterocycles. The van der Waals surface area contributed by atoms with Crippen molar-refractivity contribution >= 4 is 41.3 Å². The number of aliphatic imine (C=N–C) groups is 1. The summed E-state index contributed by atoms with van der Waals surface area (Å²) < 4.78 is 11.0. The van der Waals surface area contributed by atoms with E-state index in [1.807, 2.05) is 49.5 Å². The van der Waals surface area contributed by atoms with Gasteiger partial charge in [0.25, 0.3) is 0 Å².